The van der Waals surface area contributed by atoms with Crippen LogP contribution in [0.15, 0.2) is 70.5 Å². The first kappa shape index (κ1) is 29.9. The quantitative estimate of drug-likeness (QED) is 0.160. The number of alkyl carbamates (subject to hydrolysis) is 1. The molecule has 6 rings (SSSR count). The van der Waals surface area contributed by atoms with Crippen LogP contribution < -0.4 is 16.0 Å². The Hall–Kier alpha value is -4.12. The van der Waals surface area contributed by atoms with Gasteiger partial charge in [0.05, 0.1) is 22.6 Å². The van der Waals surface area contributed by atoms with Crippen LogP contribution in [0, 0.1) is 5.92 Å². The van der Waals surface area contributed by atoms with Gasteiger partial charge in [-0.1, -0.05) is 42.4 Å². The zero-order valence-corrected chi connectivity index (χ0v) is 25.3. The molecule has 1 saturated carbocycles. The van der Waals surface area contributed by atoms with E-state index in [9.17, 15) is 22.8 Å². The van der Waals surface area contributed by atoms with E-state index in [-0.39, 0.29) is 17.6 Å². The number of H-pyrrole nitrogens is 1. The highest BCUT2D eigenvalue weighted by Crippen LogP contribution is 2.50. The SMILES string of the molecule is CC(C)(C)OC(=O)NC1CCCC(C(=O)Nc2cc(C(F)(F)F)cc3c2Nc2ccc(-c4cc5ccccc5[nH]4)cc2S3)C1. The van der Waals surface area contributed by atoms with E-state index in [1.165, 1.54) is 11.8 Å². The molecule has 1 fully saturated rings. The summed E-state index contributed by atoms with van der Waals surface area (Å²) in [6.45, 7) is 5.31. The molecule has 2 aliphatic rings. The van der Waals surface area contributed by atoms with Crippen LogP contribution in [0.4, 0.5) is 35.0 Å². The second-order valence-electron chi connectivity index (χ2n) is 12.3. The molecule has 1 aliphatic heterocycles. The average Bonchev–Trinajstić information content (AvgIpc) is 3.39. The Kier molecular flexibility index (Phi) is 7.77. The predicted octanol–water partition coefficient (Wildman–Crippen LogP) is 9.08. The van der Waals surface area contributed by atoms with Crippen molar-refractivity contribution >= 4 is 51.7 Å². The van der Waals surface area contributed by atoms with Gasteiger partial charge in [0.1, 0.15) is 5.60 Å². The van der Waals surface area contributed by atoms with Crippen molar-refractivity contribution in [3.05, 3.63) is 66.2 Å². The average molecular weight is 623 g/mol. The molecule has 2 atom stereocenters. The summed E-state index contributed by atoms with van der Waals surface area (Å²) >= 11 is 1.23. The van der Waals surface area contributed by atoms with Crippen molar-refractivity contribution in [2.45, 2.75) is 74.1 Å². The lowest BCUT2D eigenvalue weighted by Crippen LogP contribution is -2.43. The van der Waals surface area contributed by atoms with Gasteiger partial charge in [-0.15, -0.1) is 0 Å². The number of carbonyl (C=O) groups is 2. The Labute approximate surface area is 257 Å². The number of alkyl halides is 3. The minimum absolute atomic E-state index is 0.0693. The van der Waals surface area contributed by atoms with Gasteiger partial charge in [-0.2, -0.15) is 13.2 Å². The fraction of sp³-hybridized carbons (Fsp3) is 0.333. The second kappa shape index (κ2) is 11.4. The largest absolute Gasteiger partial charge is 0.444 e. The van der Waals surface area contributed by atoms with Gasteiger partial charge in [0.15, 0.2) is 0 Å². The van der Waals surface area contributed by atoms with E-state index >= 15 is 0 Å². The van der Waals surface area contributed by atoms with E-state index in [2.05, 4.69) is 20.9 Å². The molecule has 4 aromatic rings. The molecular formula is C33H33F3N4O3S. The molecule has 1 aliphatic carbocycles. The third-order valence-corrected chi connectivity index (χ3v) is 8.85. The highest BCUT2D eigenvalue weighted by atomic mass is 32.2. The molecule has 2 unspecified atom stereocenters. The minimum Gasteiger partial charge on any atom is -0.444 e. The number of halogens is 3. The van der Waals surface area contributed by atoms with Crippen LogP contribution >= 0.6 is 11.8 Å². The van der Waals surface area contributed by atoms with Gasteiger partial charge in [-0.3, -0.25) is 4.79 Å². The molecule has 0 radical (unpaired) electrons. The standard InChI is InChI=1S/C33H33F3N4O3S/c1-32(2,3)43-31(42)37-22-9-6-8-20(13-22)30(41)40-26-16-21(33(34,35)36)17-28-29(26)39-24-12-11-19(15-27(24)44-28)25-14-18-7-4-5-10-23(18)38-25/h4-5,7,10-12,14-17,20,22,38-39H,6,8-9,13H2,1-3H3,(H,37,42)(H,40,41). The molecule has 1 aromatic heterocycles. The summed E-state index contributed by atoms with van der Waals surface area (Å²) in [5.74, 6) is -0.856. The maximum Gasteiger partial charge on any atom is 0.416 e. The van der Waals surface area contributed by atoms with Crippen LogP contribution in [-0.2, 0) is 15.7 Å². The van der Waals surface area contributed by atoms with E-state index in [1.54, 1.807) is 20.8 Å². The Morgan fingerprint density at radius 3 is 2.52 bits per heavy atom. The zero-order valence-electron chi connectivity index (χ0n) is 24.5. The smallest absolute Gasteiger partial charge is 0.416 e. The number of rotatable bonds is 4. The summed E-state index contributed by atoms with van der Waals surface area (Å²) in [4.78, 5) is 30.2. The van der Waals surface area contributed by atoms with E-state index in [4.69, 9.17) is 4.74 Å². The van der Waals surface area contributed by atoms with Gasteiger partial charge in [-0.25, -0.2) is 4.79 Å². The van der Waals surface area contributed by atoms with Crippen LogP contribution in [-0.4, -0.2) is 28.6 Å². The van der Waals surface area contributed by atoms with Crippen molar-refractivity contribution in [2.24, 2.45) is 5.92 Å². The summed E-state index contributed by atoms with van der Waals surface area (Å²) in [6.07, 6.45) is -2.83. The number of carbonyl (C=O) groups excluding carboxylic acids is 2. The Morgan fingerprint density at radius 2 is 1.77 bits per heavy atom. The number of hydrogen-bond donors (Lipinski definition) is 4. The number of nitrogens with one attached hydrogen (secondary N) is 4. The summed E-state index contributed by atoms with van der Waals surface area (Å²) in [5.41, 5.74) is 2.54. The first-order chi connectivity index (χ1) is 20.8. The third kappa shape index (κ3) is 6.52. The first-order valence-corrected chi connectivity index (χ1v) is 15.4. The maximum atomic E-state index is 14.0. The van der Waals surface area contributed by atoms with Crippen LogP contribution in [0.25, 0.3) is 22.2 Å². The number of amides is 2. The number of para-hydroxylation sites is 1. The van der Waals surface area contributed by atoms with Crippen molar-refractivity contribution in [2.75, 3.05) is 10.6 Å². The lowest BCUT2D eigenvalue weighted by molar-refractivity contribution is -0.137. The molecule has 44 heavy (non-hydrogen) atoms. The van der Waals surface area contributed by atoms with Gasteiger partial charge in [0.2, 0.25) is 5.91 Å². The molecule has 7 nitrogen and oxygen atoms in total. The number of aromatic amines is 1. The monoisotopic (exact) mass is 622 g/mol. The maximum absolute atomic E-state index is 14.0. The van der Waals surface area contributed by atoms with Gasteiger partial charge < -0.3 is 25.7 Å². The molecule has 4 N–H and O–H groups in total. The molecule has 0 bridgehead atoms. The summed E-state index contributed by atoms with van der Waals surface area (Å²) in [6, 6.07) is 17.6. The number of anilines is 3. The van der Waals surface area contributed by atoms with E-state index in [0.29, 0.717) is 36.3 Å². The number of hydrogen-bond acceptors (Lipinski definition) is 5. The van der Waals surface area contributed by atoms with Crippen molar-refractivity contribution in [3.63, 3.8) is 0 Å². The molecule has 230 valence electrons. The minimum atomic E-state index is -4.60. The Balaban J connectivity index is 1.23. The summed E-state index contributed by atoms with van der Waals surface area (Å²) in [5, 5.41) is 9.95. The van der Waals surface area contributed by atoms with Gasteiger partial charge >= 0.3 is 12.3 Å². The number of ether oxygens (including phenoxy) is 1. The van der Waals surface area contributed by atoms with Crippen LogP contribution in [0.3, 0.4) is 0 Å². The number of aromatic nitrogens is 1. The van der Waals surface area contributed by atoms with E-state index in [1.807, 2.05) is 48.5 Å². The van der Waals surface area contributed by atoms with Crippen molar-refractivity contribution < 1.29 is 27.5 Å². The van der Waals surface area contributed by atoms with Crippen molar-refractivity contribution in [3.8, 4) is 11.3 Å². The summed E-state index contributed by atoms with van der Waals surface area (Å²) < 4.78 is 47.4. The highest BCUT2D eigenvalue weighted by Gasteiger charge is 2.35. The second-order valence-corrected chi connectivity index (χ2v) is 13.4. The third-order valence-electron chi connectivity index (χ3n) is 7.76. The normalized spacial score (nSPS) is 18.1. The Morgan fingerprint density at radius 1 is 0.977 bits per heavy atom. The highest BCUT2D eigenvalue weighted by molar-refractivity contribution is 7.99. The van der Waals surface area contributed by atoms with Gasteiger partial charge in [0.25, 0.3) is 0 Å². The van der Waals surface area contributed by atoms with Crippen molar-refractivity contribution in [1.82, 2.24) is 10.3 Å². The lowest BCUT2D eigenvalue weighted by atomic mass is 9.85. The first-order valence-electron chi connectivity index (χ1n) is 14.5. The molecule has 2 amide bonds. The van der Waals surface area contributed by atoms with E-state index in [0.717, 1.165) is 44.9 Å². The predicted molar refractivity (Wildman–Crippen MR) is 166 cm³/mol. The number of fused-ring (bicyclic) bond motifs is 3. The molecular weight excluding hydrogens is 589 g/mol. The van der Waals surface area contributed by atoms with E-state index < -0.39 is 29.4 Å². The molecule has 11 heteroatoms. The van der Waals surface area contributed by atoms with Gasteiger partial charge in [0, 0.05) is 38.3 Å². The van der Waals surface area contributed by atoms with Gasteiger partial charge in [-0.05, 0) is 82.0 Å². The summed E-state index contributed by atoms with van der Waals surface area (Å²) in [7, 11) is 0. The lowest BCUT2D eigenvalue weighted by Gasteiger charge is -2.31. The van der Waals surface area contributed by atoms with Crippen molar-refractivity contribution in [1.29, 1.82) is 0 Å². The van der Waals surface area contributed by atoms with Crippen LogP contribution in [0.5, 0.6) is 0 Å². The topological polar surface area (TPSA) is 95.2 Å². The zero-order chi connectivity index (χ0) is 31.2. The molecule has 2 heterocycles. The fourth-order valence-corrected chi connectivity index (χ4v) is 6.82. The molecule has 0 saturated heterocycles. The fourth-order valence-electron chi connectivity index (χ4n) is 5.71. The molecule has 3 aromatic carbocycles. The van der Waals surface area contributed by atoms with Crippen LogP contribution in [0.1, 0.15) is 52.0 Å². The molecule has 0 spiro atoms. The number of benzene rings is 3. The van der Waals surface area contributed by atoms with Crippen LogP contribution in [0.2, 0.25) is 0 Å². The Bertz CT molecular complexity index is 1710.